The van der Waals surface area contributed by atoms with Gasteiger partial charge in [0, 0.05) is 38.1 Å². The first kappa shape index (κ1) is 15.3. The fourth-order valence-corrected chi connectivity index (χ4v) is 2.58. The van der Waals surface area contributed by atoms with E-state index in [-0.39, 0.29) is 0 Å². The first-order chi connectivity index (χ1) is 9.78. The van der Waals surface area contributed by atoms with E-state index < -0.39 is 0 Å². The molecule has 0 aromatic carbocycles. The van der Waals surface area contributed by atoms with Gasteiger partial charge in [0.2, 0.25) is 0 Å². The van der Waals surface area contributed by atoms with E-state index in [0.717, 1.165) is 38.4 Å². The molecule has 1 unspecified atom stereocenters. The highest BCUT2D eigenvalue weighted by Gasteiger charge is 2.16. The molecule has 1 aromatic rings. The molecule has 1 aliphatic rings. The van der Waals surface area contributed by atoms with Crippen LogP contribution in [0.3, 0.4) is 0 Å². The standard InChI is InChI=1S/C16H27N3O/c1-3-8-17-14-7-9-18-15(11-14)12-19(2)13-16-6-4-5-10-20-16/h7,9,11,16H,3-6,8,10,12-13H2,1-2H3,(H,17,18). The molecule has 0 amide bonds. The molecule has 0 radical (unpaired) electrons. The molecule has 0 aliphatic carbocycles. The third-order valence-electron chi connectivity index (χ3n) is 3.62. The zero-order valence-electron chi connectivity index (χ0n) is 12.8. The molecular weight excluding hydrogens is 250 g/mol. The van der Waals surface area contributed by atoms with E-state index in [1.165, 1.54) is 24.9 Å². The van der Waals surface area contributed by atoms with E-state index >= 15 is 0 Å². The van der Waals surface area contributed by atoms with Crippen LogP contribution in [0.1, 0.15) is 38.3 Å². The molecule has 112 valence electrons. The van der Waals surface area contributed by atoms with Crippen molar-refractivity contribution >= 4 is 5.69 Å². The summed E-state index contributed by atoms with van der Waals surface area (Å²) in [5.74, 6) is 0. The molecular formula is C16H27N3O. The van der Waals surface area contributed by atoms with Gasteiger partial charge < -0.3 is 10.1 Å². The molecule has 0 saturated carbocycles. The Morgan fingerprint density at radius 2 is 2.35 bits per heavy atom. The quantitative estimate of drug-likeness (QED) is 0.831. The minimum absolute atomic E-state index is 0.398. The minimum Gasteiger partial charge on any atom is -0.385 e. The van der Waals surface area contributed by atoms with E-state index in [9.17, 15) is 0 Å². The fraction of sp³-hybridized carbons (Fsp3) is 0.688. The Labute approximate surface area is 122 Å². The summed E-state index contributed by atoms with van der Waals surface area (Å²) in [4.78, 5) is 6.77. The molecule has 1 atom stereocenters. The number of nitrogens with zero attached hydrogens (tertiary/aromatic N) is 2. The molecule has 1 fully saturated rings. The average Bonchev–Trinajstić information content (AvgIpc) is 2.46. The normalized spacial score (nSPS) is 19.2. The average molecular weight is 277 g/mol. The van der Waals surface area contributed by atoms with Gasteiger partial charge in [-0.25, -0.2) is 0 Å². The van der Waals surface area contributed by atoms with Gasteiger partial charge >= 0.3 is 0 Å². The SMILES string of the molecule is CCCNc1ccnc(CN(C)CC2CCCCO2)c1. The highest BCUT2D eigenvalue weighted by Crippen LogP contribution is 2.15. The zero-order chi connectivity index (χ0) is 14.2. The summed E-state index contributed by atoms with van der Waals surface area (Å²) in [7, 11) is 2.14. The molecule has 2 rings (SSSR count). The second-order valence-corrected chi connectivity index (χ2v) is 5.65. The lowest BCUT2D eigenvalue weighted by Crippen LogP contribution is -2.33. The van der Waals surface area contributed by atoms with Crippen molar-refractivity contribution in [3.63, 3.8) is 0 Å². The second kappa shape index (κ2) is 8.22. The van der Waals surface area contributed by atoms with Crippen molar-refractivity contribution in [1.82, 2.24) is 9.88 Å². The van der Waals surface area contributed by atoms with Crippen molar-refractivity contribution in [2.75, 3.05) is 32.1 Å². The molecule has 1 N–H and O–H groups in total. The van der Waals surface area contributed by atoms with Crippen LogP contribution in [0, 0.1) is 0 Å². The lowest BCUT2D eigenvalue weighted by molar-refractivity contribution is -0.00274. The van der Waals surface area contributed by atoms with Crippen molar-refractivity contribution in [3.8, 4) is 0 Å². The highest BCUT2D eigenvalue weighted by molar-refractivity contribution is 5.43. The third-order valence-corrected chi connectivity index (χ3v) is 3.62. The predicted molar refractivity (Wildman–Crippen MR) is 82.9 cm³/mol. The lowest BCUT2D eigenvalue weighted by Gasteiger charge is -2.27. The topological polar surface area (TPSA) is 37.4 Å². The first-order valence-electron chi connectivity index (χ1n) is 7.77. The van der Waals surface area contributed by atoms with E-state index in [2.05, 4.69) is 35.2 Å². The van der Waals surface area contributed by atoms with Crippen LogP contribution in [0.5, 0.6) is 0 Å². The molecule has 20 heavy (non-hydrogen) atoms. The highest BCUT2D eigenvalue weighted by atomic mass is 16.5. The lowest BCUT2D eigenvalue weighted by atomic mass is 10.1. The van der Waals surface area contributed by atoms with E-state index in [1.54, 1.807) is 0 Å². The monoisotopic (exact) mass is 277 g/mol. The largest absolute Gasteiger partial charge is 0.385 e. The molecule has 4 nitrogen and oxygen atoms in total. The van der Waals surface area contributed by atoms with E-state index in [1.807, 2.05) is 12.3 Å². The number of pyridine rings is 1. The predicted octanol–water partition coefficient (Wildman–Crippen LogP) is 2.90. The summed E-state index contributed by atoms with van der Waals surface area (Å²) in [5, 5.41) is 3.41. The van der Waals surface area contributed by atoms with Crippen LogP contribution in [-0.4, -0.2) is 42.7 Å². The van der Waals surface area contributed by atoms with Gasteiger partial charge in [0.1, 0.15) is 0 Å². The third kappa shape index (κ3) is 5.10. The maximum Gasteiger partial charge on any atom is 0.0702 e. The number of rotatable bonds is 7. The van der Waals surface area contributed by atoms with Crippen molar-refractivity contribution < 1.29 is 4.74 Å². The minimum atomic E-state index is 0.398. The van der Waals surface area contributed by atoms with Crippen LogP contribution < -0.4 is 5.32 Å². The zero-order valence-corrected chi connectivity index (χ0v) is 12.8. The number of anilines is 1. The van der Waals surface area contributed by atoms with Gasteiger partial charge in [-0.1, -0.05) is 6.92 Å². The summed E-state index contributed by atoms with van der Waals surface area (Å²) >= 11 is 0. The van der Waals surface area contributed by atoms with Crippen molar-refractivity contribution in [3.05, 3.63) is 24.0 Å². The number of hydrogen-bond donors (Lipinski definition) is 1. The summed E-state index contributed by atoms with van der Waals surface area (Å²) in [6.07, 6.45) is 7.13. The number of likely N-dealkylation sites (N-methyl/N-ethyl adjacent to an activating group) is 1. The molecule has 4 heteroatoms. The molecule has 1 saturated heterocycles. The van der Waals surface area contributed by atoms with Gasteiger partial charge in [-0.2, -0.15) is 0 Å². The summed E-state index contributed by atoms with van der Waals surface area (Å²) in [6.45, 7) is 5.98. The fourth-order valence-electron chi connectivity index (χ4n) is 2.58. The maximum absolute atomic E-state index is 5.79. The van der Waals surface area contributed by atoms with Crippen LogP contribution >= 0.6 is 0 Å². The number of nitrogens with one attached hydrogen (secondary N) is 1. The number of aromatic nitrogens is 1. The molecule has 0 spiro atoms. The van der Waals surface area contributed by atoms with Gasteiger partial charge in [-0.3, -0.25) is 9.88 Å². The molecule has 0 bridgehead atoms. The second-order valence-electron chi connectivity index (χ2n) is 5.65. The molecule has 1 aromatic heterocycles. The Morgan fingerprint density at radius 3 is 3.10 bits per heavy atom. The Kier molecular flexibility index (Phi) is 6.27. The Balaban J connectivity index is 1.81. The molecule has 1 aliphatic heterocycles. The van der Waals surface area contributed by atoms with Crippen LogP contribution in [0.15, 0.2) is 18.3 Å². The van der Waals surface area contributed by atoms with Gasteiger partial charge in [0.25, 0.3) is 0 Å². The summed E-state index contributed by atoms with van der Waals surface area (Å²) in [6, 6.07) is 4.18. The van der Waals surface area contributed by atoms with E-state index in [0.29, 0.717) is 6.10 Å². The number of ether oxygens (including phenoxy) is 1. The molecule has 2 heterocycles. The van der Waals surface area contributed by atoms with Crippen LogP contribution in [0.25, 0.3) is 0 Å². The van der Waals surface area contributed by atoms with Crippen LogP contribution in [0.4, 0.5) is 5.69 Å². The Bertz CT molecular complexity index is 391. The first-order valence-corrected chi connectivity index (χ1v) is 7.77. The number of hydrogen-bond acceptors (Lipinski definition) is 4. The van der Waals surface area contributed by atoms with Gasteiger partial charge in [0.15, 0.2) is 0 Å². The van der Waals surface area contributed by atoms with Gasteiger partial charge in [-0.05, 0) is 44.9 Å². The van der Waals surface area contributed by atoms with Gasteiger partial charge in [0.05, 0.1) is 11.8 Å². The summed E-state index contributed by atoms with van der Waals surface area (Å²) < 4.78 is 5.79. The van der Waals surface area contributed by atoms with Crippen LogP contribution in [0.2, 0.25) is 0 Å². The van der Waals surface area contributed by atoms with Gasteiger partial charge in [-0.15, -0.1) is 0 Å². The maximum atomic E-state index is 5.79. The Morgan fingerprint density at radius 1 is 1.45 bits per heavy atom. The van der Waals surface area contributed by atoms with Crippen LogP contribution in [-0.2, 0) is 11.3 Å². The van der Waals surface area contributed by atoms with E-state index in [4.69, 9.17) is 4.74 Å². The van der Waals surface area contributed by atoms with Crippen molar-refractivity contribution in [2.24, 2.45) is 0 Å². The van der Waals surface area contributed by atoms with Crippen molar-refractivity contribution in [2.45, 2.75) is 45.3 Å². The van der Waals surface area contributed by atoms with Crippen molar-refractivity contribution in [1.29, 1.82) is 0 Å². The summed E-state index contributed by atoms with van der Waals surface area (Å²) in [5.41, 5.74) is 2.28. The Hall–Kier alpha value is -1.13. The smallest absolute Gasteiger partial charge is 0.0702 e.